The van der Waals surface area contributed by atoms with Crippen LogP contribution in [0.3, 0.4) is 0 Å². The SMILES string of the molecule is CCCCCCC[C@]12O[C@H]3[C@H](OC(C)(C)O[C@@H]3C=S)[C@H]1OC(C)(C)O2. The second kappa shape index (κ2) is 7.13. The molecule has 0 radical (unpaired) electrons. The van der Waals surface area contributed by atoms with E-state index in [0.29, 0.717) is 0 Å². The van der Waals surface area contributed by atoms with Gasteiger partial charge < -0.3 is 23.7 Å². The van der Waals surface area contributed by atoms with Crippen molar-refractivity contribution >= 4 is 17.6 Å². The van der Waals surface area contributed by atoms with Crippen LogP contribution in [0.15, 0.2) is 0 Å². The van der Waals surface area contributed by atoms with Gasteiger partial charge in [-0.1, -0.05) is 44.8 Å². The molecule has 25 heavy (non-hydrogen) atoms. The van der Waals surface area contributed by atoms with Gasteiger partial charge >= 0.3 is 0 Å². The second-order valence-corrected chi connectivity index (χ2v) is 8.57. The van der Waals surface area contributed by atoms with Crippen molar-refractivity contribution in [2.45, 2.75) is 115 Å². The Morgan fingerprint density at radius 2 is 1.56 bits per heavy atom. The van der Waals surface area contributed by atoms with Crippen LogP contribution in [0.25, 0.3) is 0 Å². The highest BCUT2D eigenvalue weighted by Crippen LogP contribution is 2.52. The maximum atomic E-state index is 6.42. The van der Waals surface area contributed by atoms with Crippen LogP contribution < -0.4 is 0 Å². The molecule has 0 bridgehead atoms. The number of ether oxygens (including phenoxy) is 5. The van der Waals surface area contributed by atoms with E-state index in [0.717, 1.165) is 12.8 Å². The summed E-state index contributed by atoms with van der Waals surface area (Å²) in [6.07, 6.45) is 5.65. The first-order valence-corrected chi connectivity index (χ1v) is 10.1. The Labute approximate surface area is 156 Å². The first kappa shape index (κ1) is 19.6. The van der Waals surface area contributed by atoms with E-state index >= 15 is 0 Å². The Morgan fingerprint density at radius 3 is 2.24 bits per heavy atom. The summed E-state index contributed by atoms with van der Waals surface area (Å²) < 4.78 is 31.1. The summed E-state index contributed by atoms with van der Waals surface area (Å²) in [4.78, 5) is 0. The van der Waals surface area contributed by atoms with E-state index < -0.39 is 17.4 Å². The molecule has 3 aliphatic rings. The number of fused-ring (bicyclic) bond motifs is 3. The van der Waals surface area contributed by atoms with Crippen molar-refractivity contribution in [2.24, 2.45) is 0 Å². The number of thiocarbonyl (C=S) groups is 1. The smallest absolute Gasteiger partial charge is 0.201 e. The minimum atomic E-state index is -0.772. The fraction of sp³-hybridized carbons (Fsp3) is 0.947. The molecule has 6 heteroatoms. The molecule has 3 rings (SSSR count). The van der Waals surface area contributed by atoms with Crippen LogP contribution in [0.2, 0.25) is 0 Å². The predicted molar refractivity (Wildman–Crippen MR) is 98.5 cm³/mol. The largest absolute Gasteiger partial charge is 0.341 e. The molecular formula is C19H32O5S. The van der Waals surface area contributed by atoms with Crippen molar-refractivity contribution in [1.29, 1.82) is 0 Å². The van der Waals surface area contributed by atoms with E-state index in [1.165, 1.54) is 25.7 Å². The average molecular weight is 373 g/mol. The van der Waals surface area contributed by atoms with Crippen LogP contribution in [0.1, 0.15) is 73.1 Å². The molecule has 0 unspecified atom stereocenters. The van der Waals surface area contributed by atoms with Gasteiger partial charge in [-0.2, -0.15) is 0 Å². The first-order chi connectivity index (χ1) is 11.7. The third-order valence-electron chi connectivity index (χ3n) is 5.15. The van der Waals surface area contributed by atoms with Gasteiger partial charge in [0.25, 0.3) is 0 Å². The molecule has 3 aliphatic heterocycles. The summed E-state index contributed by atoms with van der Waals surface area (Å²) in [6, 6.07) is 0. The minimum absolute atomic E-state index is 0.245. The molecule has 0 aromatic rings. The van der Waals surface area contributed by atoms with Gasteiger partial charge in [-0.05, 0) is 34.1 Å². The third kappa shape index (κ3) is 3.94. The van der Waals surface area contributed by atoms with Crippen LogP contribution in [0.5, 0.6) is 0 Å². The first-order valence-electron chi connectivity index (χ1n) is 9.59. The maximum Gasteiger partial charge on any atom is 0.201 e. The number of hydrogen-bond donors (Lipinski definition) is 0. The van der Waals surface area contributed by atoms with Gasteiger partial charge in [-0.25, -0.2) is 0 Å². The molecule has 0 aliphatic carbocycles. The molecule has 0 spiro atoms. The van der Waals surface area contributed by atoms with Crippen molar-refractivity contribution in [2.75, 3.05) is 0 Å². The lowest BCUT2D eigenvalue weighted by molar-refractivity contribution is -0.338. The van der Waals surface area contributed by atoms with Gasteiger partial charge in [0, 0.05) is 11.8 Å². The van der Waals surface area contributed by atoms with Crippen LogP contribution in [-0.2, 0) is 23.7 Å². The fourth-order valence-electron chi connectivity index (χ4n) is 4.24. The van der Waals surface area contributed by atoms with Crippen molar-refractivity contribution in [1.82, 2.24) is 0 Å². The summed E-state index contributed by atoms with van der Waals surface area (Å²) in [5, 5.41) is 1.63. The van der Waals surface area contributed by atoms with Crippen LogP contribution in [-0.4, -0.2) is 47.1 Å². The zero-order valence-electron chi connectivity index (χ0n) is 16.1. The van der Waals surface area contributed by atoms with Crippen LogP contribution in [0, 0.1) is 0 Å². The Bertz CT molecular complexity index is 494. The van der Waals surface area contributed by atoms with Gasteiger partial charge in [0.1, 0.15) is 24.4 Å². The topological polar surface area (TPSA) is 46.2 Å². The molecule has 0 amide bonds. The summed E-state index contributed by atoms with van der Waals surface area (Å²) >= 11 is 5.18. The monoisotopic (exact) mass is 372 g/mol. The zero-order valence-corrected chi connectivity index (χ0v) is 16.9. The molecule has 3 saturated heterocycles. The molecule has 3 heterocycles. The average Bonchev–Trinajstić information content (AvgIpc) is 2.93. The summed E-state index contributed by atoms with van der Waals surface area (Å²) in [7, 11) is 0. The molecule has 3 fully saturated rings. The van der Waals surface area contributed by atoms with Crippen LogP contribution >= 0.6 is 12.2 Å². The molecule has 5 nitrogen and oxygen atoms in total. The molecule has 0 aromatic carbocycles. The summed E-state index contributed by atoms with van der Waals surface area (Å²) in [5.41, 5.74) is 0. The third-order valence-corrected chi connectivity index (χ3v) is 5.42. The Morgan fingerprint density at radius 1 is 0.840 bits per heavy atom. The van der Waals surface area contributed by atoms with E-state index in [4.69, 9.17) is 35.9 Å². The highest BCUT2D eigenvalue weighted by atomic mass is 32.1. The van der Waals surface area contributed by atoms with Crippen molar-refractivity contribution in [3.8, 4) is 0 Å². The van der Waals surface area contributed by atoms with Crippen LogP contribution in [0.4, 0.5) is 0 Å². The van der Waals surface area contributed by atoms with Gasteiger partial charge in [0.15, 0.2) is 11.6 Å². The molecule has 0 N–H and O–H groups in total. The second-order valence-electron chi connectivity index (χ2n) is 8.30. The number of hydrogen-bond acceptors (Lipinski definition) is 6. The quantitative estimate of drug-likeness (QED) is 0.495. The Balaban J connectivity index is 1.77. The Hall–Kier alpha value is -0.110. The van der Waals surface area contributed by atoms with E-state index in [1.807, 2.05) is 27.7 Å². The highest BCUT2D eigenvalue weighted by molar-refractivity contribution is 7.79. The maximum absolute atomic E-state index is 6.42. The highest BCUT2D eigenvalue weighted by Gasteiger charge is 2.68. The normalized spacial score (nSPS) is 41.3. The fourth-order valence-corrected chi connectivity index (χ4v) is 4.45. The molecule has 5 atom stereocenters. The lowest BCUT2D eigenvalue weighted by Crippen LogP contribution is -2.56. The van der Waals surface area contributed by atoms with E-state index in [1.54, 1.807) is 5.37 Å². The Kier molecular flexibility index (Phi) is 5.61. The van der Waals surface area contributed by atoms with E-state index in [-0.39, 0.29) is 24.4 Å². The van der Waals surface area contributed by atoms with E-state index in [2.05, 4.69) is 6.92 Å². The summed E-state index contributed by atoms with van der Waals surface area (Å²) in [5.74, 6) is -2.18. The molecule has 144 valence electrons. The van der Waals surface area contributed by atoms with Gasteiger partial charge in [-0.3, -0.25) is 0 Å². The van der Waals surface area contributed by atoms with Crippen molar-refractivity contribution in [3.63, 3.8) is 0 Å². The standard InChI is InChI=1S/C19H32O5S/c1-6-7-8-9-10-11-19-16(23-18(4,5)24-19)15-14(22-19)13(12-25)20-17(2,3)21-15/h12-16H,6-11H2,1-5H3/t13-,14-,15+,16-,19-/m1/s1. The number of unbranched alkanes of at least 4 members (excludes halogenated alkanes) is 4. The number of rotatable bonds is 7. The predicted octanol–water partition coefficient (Wildman–Crippen LogP) is 4.11. The molecular weight excluding hydrogens is 340 g/mol. The lowest BCUT2D eigenvalue weighted by Gasteiger charge is -2.42. The van der Waals surface area contributed by atoms with E-state index in [9.17, 15) is 0 Å². The lowest BCUT2D eigenvalue weighted by atomic mass is 9.96. The van der Waals surface area contributed by atoms with Gasteiger partial charge in [0.05, 0.1) is 0 Å². The zero-order chi connectivity index (χ0) is 18.3. The minimum Gasteiger partial charge on any atom is -0.341 e. The van der Waals surface area contributed by atoms with Crippen molar-refractivity contribution < 1.29 is 23.7 Å². The summed E-state index contributed by atoms with van der Waals surface area (Å²) in [6.45, 7) is 9.90. The molecule has 0 saturated carbocycles. The van der Waals surface area contributed by atoms with Gasteiger partial charge in [0.2, 0.25) is 5.79 Å². The van der Waals surface area contributed by atoms with Crippen molar-refractivity contribution in [3.05, 3.63) is 0 Å². The van der Waals surface area contributed by atoms with Gasteiger partial charge in [-0.15, -0.1) is 0 Å². The molecule has 0 aromatic heterocycles.